The molecule has 0 N–H and O–H groups in total. The van der Waals surface area contributed by atoms with E-state index in [1.165, 1.54) is 21.5 Å². The zero-order chi connectivity index (χ0) is 60.5. The maximum Gasteiger partial charge on any atom is 0.164 e. The minimum atomic E-state index is 0.516. The molecule has 0 aliphatic carbocycles. The van der Waals surface area contributed by atoms with Crippen molar-refractivity contribution in [2.24, 2.45) is 0 Å². The van der Waals surface area contributed by atoms with Crippen molar-refractivity contribution in [2.45, 2.75) is 0 Å². The summed E-state index contributed by atoms with van der Waals surface area (Å²) in [5.41, 5.74) is 20.3. The Morgan fingerprint density at radius 1 is 0.231 bits per heavy atom. The van der Waals surface area contributed by atoms with Gasteiger partial charge >= 0.3 is 0 Å². The number of rotatable bonds is 10. The summed E-state index contributed by atoms with van der Waals surface area (Å²) in [5, 5.41) is 27.7. The molecular formula is C83H50N8. The van der Waals surface area contributed by atoms with Crippen molar-refractivity contribution in [3.8, 4) is 108 Å². The third-order valence-corrected chi connectivity index (χ3v) is 17.8. The van der Waals surface area contributed by atoms with Gasteiger partial charge in [-0.15, -0.1) is 0 Å². The van der Waals surface area contributed by atoms with Crippen LogP contribution in [0.25, 0.3) is 161 Å². The summed E-state index contributed by atoms with van der Waals surface area (Å²) in [4.78, 5) is 16.1. The monoisotopic (exact) mass is 1160 g/mol. The second-order valence-corrected chi connectivity index (χ2v) is 22.9. The van der Waals surface area contributed by atoms with Crippen LogP contribution in [0.4, 0.5) is 0 Å². The van der Waals surface area contributed by atoms with Gasteiger partial charge in [-0.1, -0.05) is 206 Å². The van der Waals surface area contributed by atoms with Gasteiger partial charge in [0.15, 0.2) is 17.5 Å². The molecule has 17 rings (SSSR count). The van der Waals surface area contributed by atoms with Crippen molar-refractivity contribution in [2.75, 3.05) is 0 Å². The first-order chi connectivity index (χ1) is 45.0. The summed E-state index contributed by atoms with van der Waals surface area (Å²) in [6.45, 7) is 0. The van der Waals surface area contributed by atoms with Crippen LogP contribution >= 0.6 is 0 Å². The molecule has 8 heteroatoms. The van der Waals surface area contributed by atoms with Gasteiger partial charge in [-0.3, -0.25) is 0 Å². The van der Waals surface area contributed by atoms with Crippen LogP contribution in [0.3, 0.4) is 0 Å². The Bertz CT molecular complexity index is 5420. The molecule has 0 amide bonds. The number of hydrogen-bond acceptors (Lipinski definition) is 5. The maximum absolute atomic E-state index is 10.5. The summed E-state index contributed by atoms with van der Waals surface area (Å²) < 4.78 is 7.18. The lowest BCUT2D eigenvalue weighted by atomic mass is 9.91. The molecule has 17 aromatic rings. The Labute approximate surface area is 524 Å². The van der Waals surface area contributed by atoms with E-state index in [-0.39, 0.29) is 0 Å². The zero-order valence-corrected chi connectivity index (χ0v) is 48.9. The van der Waals surface area contributed by atoms with Crippen LogP contribution in [0.2, 0.25) is 0 Å². The molecular weight excluding hydrogens is 1110 g/mol. The zero-order valence-electron chi connectivity index (χ0n) is 48.9. The topological polar surface area (TPSA) is 101 Å². The van der Waals surface area contributed by atoms with Gasteiger partial charge in [0.05, 0.1) is 62.1 Å². The van der Waals surface area contributed by atoms with E-state index in [1.54, 1.807) is 0 Å². The fourth-order valence-corrected chi connectivity index (χ4v) is 13.7. The Balaban J connectivity index is 1.02. The second-order valence-electron chi connectivity index (χ2n) is 22.9. The smallest absolute Gasteiger partial charge is 0.164 e. The minimum absolute atomic E-state index is 0.516. The molecule has 0 saturated carbocycles. The Morgan fingerprint density at radius 3 is 0.967 bits per heavy atom. The van der Waals surface area contributed by atoms with Crippen LogP contribution in [0.15, 0.2) is 303 Å². The van der Waals surface area contributed by atoms with Gasteiger partial charge < -0.3 is 13.7 Å². The van der Waals surface area contributed by atoms with Gasteiger partial charge in [-0.05, 0) is 130 Å². The van der Waals surface area contributed by atoms with E-state index in [0.29, 0.717) is 28.6 Å². The van der Waals surface area contributed by atoms with Gasteiger partial charge in [-0.2, -0.15) is 10.5 Å². The lowest BCUT2D eigenvalue weighted by Gasteiger charge is -2.22. The first-order valence-electron chi connectivity index (χ1n) is 30.4. The fraction of sp³-hybridized carbons (Fsp3) is 0. The fourth-order valence-electron chi connectivity index (χ4n) is 13.7. The van der Waals surface area contributed by atoms with Crippen LogP contribution in [0.5, 0.6) is 0 Å². The van der Waals surface area contributed by atoms with E-state index in [4.69, 9.17) is 15.0 Å². The van der Waals surface area contributed by atoms with E-state index >= 15 is 0 Å². The molecule has 0 fully saturated rings. The first kappa shape index (κ1) is 52.6. The molecule has 0 radical (unpaired) electrons. The first-order valence-corrected chi connectivity index (χ1v) is 30.4. The standard InChI is InChI=1S/C83H50N8/c84-51-59-25-7-9-31-64(59)57-41-43-78-72(47-57)73-48-58(65-32-10-8-26-60(65)52-85)42-44-79(73)91(78)80-70(55-27-19-29-62(45-55)89-74-37-15-11-33-66(74)67-34-12-16-38-75(67)89)49-61(83-87-81(53-21-3-1-4-22-53)86-82(88-83)54-23-5-2-6-24-54)50-71(80)56-28-20-30-63(46-56)90-76-39-17-13-35-68(76)69-36-14-18-40-77(69)90/h1-50H. The highest BCUT2D eigenvalue weighted by molar-refractivity contribution is 6.14. The summed E-state index contributed by atoms with van der Waals surface area (Å²) in [6.07, 6.45) is 0. The van der Waals surface area contributed by atoms with Crippen LogP contribution in [-0.4, -0.2) is 28.7 Å². The molecule has 0 unspecified atom stereocenters. The van der Waals surface area contributed by atoms with Crippen molar-refractivity contribution < 1.29 is 0 Å². The molecule has 13 aromatic carbocycles. The molecule has 0 bridgehead atoms. The number of hydrogen-bond donors (Lipinski definition) is 0. The predicted octanol–water partition coefficient (Wildman–Crippen LogP) is 20.6. The lowest BCUT2D eigenvalue weighted by molar-refractivity contribution is 1.07. The van der Waals surface area contributed by atoms with Gasteiger partial charge in [0.2, 0.25) is 0 Å². The summed E-state index contributed by atoms with van der Waals surface area (Å²) in [7, 11) is 0. The van der Waals surface area contributed by atoms with Gasteiger partial charge in [0.1, 0.15) is 0 Å². The quantitative estimate of drug-likeness (QED) is 0.136. The summed E-state index contributed by atoms with van der Waals surface area (Å²) in [5.74, 6) is 1.63. The van der Waals surface area contributed by atoms with Crippen molar-refractivity contribution >= 4 is 65.4 Å². The Hall–Kier alpha value is -12.8. The average molecular weight is 1160 g/mol. The van der Waals surface area contributed by atoms with E-state index < -0.39 is 0 Å². The normalized spacial score (nSPS) is 11.5. The van der Waals surface area contributed by atoms with Crippen molar-refractivity contribution in [1.29, 1.82) is 10.5 Å². The Morgan fingerprint density at radius 2 is 0.560 bits per heavy atom. The minimum Gasteiger partial charge on any atom is -0.309 e. The predicted molar refractivity (Wildman–Crippen MR) is 370 cm³/mol. The number of aromatic nitrogens is 6. The summed E-state index contributed by atoms with van der Waals surface area (Å²) in [6, 6.07) is 111. The third kappa shape index (κ3) is 8.78. The number of nitriles is 2. The summed E-state index contributed by atoms with van der Waals surface area (Å²) >= 11 is 0. The molecule has 4 heterocycles. The molecule has 0 aliphatic heterocycles. The lowest BCUT2D eigenvalue weighted by Crippen LogP contribution is -2.05. The van der Waals surface area contributed by atoms with Crippen molar-refractivity contribution in [1.82, 2.24) is 28.7 Å². The molecule has 422 valence electrons. The van der Waals surface area contributed by atoms with Crippen molar-refractivity contribution in [3.05, 3.63) is 314 Å². The number of nitrogens with zero attached hydrogens (tertiary/aromatic N) is 8. The number of fused-ring (bicyclic) bond motifs is 9. The van der Waals surface area contributed by atoms with Crippen LogP contribution in [-0.2, 0) is 0 Å². The molecule has 0 aliphatic rings. The molecule has 0 saturated heterocycles. The van der Waals surface area contributed by atoms with Gasteiger partial charge in [0.25, 0.3) is 0 Å². The van der Waals surface area contributed by atoms with E-state index in [1.807, 2.05) is 109 Å². The van der Waals surface area contributed by atoms with Crippen LogP contribution < -0.4 is 0 Å². The molecule has 4 aromatic heterocycles. The second kappa shape index (κ2) is 21.6. The van der Waals surface area contributed by atoms with E-state index in [9.17, 15) is 10.5 Å². The van der Waals surface area contributed by atoms with E-state index in [0.717, 1.165) is 122 Å². The van der Waals surface area contributed by atoms with Gasteiger partial charge in [-0.25, -0.2) is 15.0 Å². The Kier molecular flexibility index (Phi) is 12.5. The maximum atomic E-state index is 10.5. The molecule has 0 atom stereocenters. The highest BCUT2D eigenvalue weighted by Crippen LogP contribution is 2.47. The molecule has 0 spiro atoms. The molecule has 91 heavy (non-hydrogen) atoms. The average Bonchev–Trinajstić information content (AvgIpc) is 1.64. The largest absolute Gasteiger partial charge is 0.309 e. The number of para-hydroxylation sites is 4. The SMILES string of the molecule is N#Cc1ccccc1-c1ccc2c(c1)c1cc(-c3ccccc3C#N)ccc1n2-c1c(-c2cccc(-n3c4ccccc4c4ccccc43)c2)cc(-c2nc(-c3ccccc3)nc(-c3ccccc3)n2)cc1-c1cccc(-n2c3ccccc3c3ccccc32)c1. The van der Waals surface area contributed by atoms with Gasteiger partial charge in [0, 0.05) is 71.5 Å². The highest BCUT2D eigenvalue weighted by atomic mass is 15.0. The van der Waals surface area contributed by atoms with Crippen LogP contribution in [0.1, 0.15) is 11.1 Å². The van der Waals surface area contributed by atoms with E-state index in [2.05, 4.69) is 220 Å². The third-order valence-electron chi connectivity index (χ3n) is 17.8. The highest BCUT2D eigenvalue weighted by Gasteiger charge is 2.26. The molecule has 8 nitrogen and oxygen atoms in total. The number of benzene rings is 13. The van der Waals surface area contributed by atoms with Crippen molar-refractivity contribution in [3.63, 3.8) is 0 Å². The van der Waals surface area contributed by atoms with Crippen LogP contribution in [0, 0.1) is 22.7 Å².